The number of hydrogen-bond acceptors (Lipinski definition) is 4. The van der Waals surface area contributed by atoms with E-state index in [-0.39, 0.29) is 0 Å². The fourth-order valence-electron chi connectivity index (χ4n) is 1.86. The average Bonchev–Trinajstić information content (AvgIpc) is 2.80. The first-order valence-corrected chi connectivity index (χ1v) is 5.66. The van der Waals surface area contributed by atoms with Gasteiger partial charge in [0.15, 0.2) is 0 Å². The largest absolute Gasteiger partial charge is 0.341 e. The Hall–Kier alpha value is -1.16. The van der Waals surface area contributed by atoms with Gasteiger partial charge in [0.05, 0.1) is 0 Å². The van der Waals surface area contributed by atoms with Crippen LogP contribution >= 0.6 is 0 Å². The Morgan fingerprint density at radius 3 is 2.47 bits per heavy atom. The highest BCUT2D eigenvalue weighted by atomic mass is 15.3. The molecule has 1 saturated heterocycles. The van der Waals surface area contributed by atoms with Crippen molar-refractivity contribution >= 4 is 5.95 Å². The highest BCUT2D eigenvalue weighted by molar-refractivity contribution is 5.30. The lowest BCUT2D eigenvalue weighted by atomic mass is 10.2. The van der Waals surface area contributed by atoms with E-state index in [9.17, 15) is 0 Å². The summed E-state index contributed by atoms with van der Waals surface area (Å²) >= 11 is 0. The molecule has 0 bridgehead atoms. The summed E-state index contributed by atoms with van der Waals surface area (Å²) in [7, 11) is 0. The van der Waals surface area contributed by atoms with Crippen LogP contribution in [0.2, 0.25) is 0 Å². The van der Waals surface area contributed by atoms with Crippen molar-refractivity contribution in [3.63, 3.8) is 0 Å². The molecule has 1 aliphatic heterocycles. The fraction of sp³-hybridized carbons (Fsp3) is 0.636. The molecule has 15 heavy (non-hydrogen) atoms. The van der Waals surface area contributed by atoms with E-state index in [0.29, 0.717) is 0 Å². The molecule has 1 aromatic rings. The summed E-state index contributed by atoms with van der Waals surface area (Å²) in [5.74, 6) is 0.879. The van der Waals surface area contributed by atoms with Gasteiger partial charge in [-0.1, -0.05) is 0 Å². The van der Waals surface area contributed by atoms with Crippen molar-refractivity contribution in [1.29, 1.82) is 0 Å². The summed E-state index contributed by atoms with van der Waals surface area (Å²) in [6, 6.07) is 0. The minimum absolute atomic E-state index is 0.730. The van der Waals surface area contributed by atoms with Crippen LogP contribution in [-0.4, -0.2) is 29.6 Å². The molecule has 2 N–H and O–H groups in total. The molecule has 1 fully saturated rings. The summed E-state index contributed by atoms with van der Waals surface area (Å²) in [5, 5.41) is 0. The molecule has 4 nitrogen and oxygen atoms in total. The maximum atomic E-state index is 5.46. The van der Waals surface area contributed by atoms with E-state index in [1.807, 2.05) is 12.4 Å². The number of nitrogens with two attached hydrogens (primary N) is 1. The molecule has 0 atom stereocenters. The first-order chi connectivity index (χ1) is 7.40. The first kappa shape index (κ1) is 10.4. The molecular formula is C11H18N4. The lowest BCUT2D eigenvalue weighted by Gasteiger charge is -2.14. The second-order valence-electron chi connectivity index (χ2n) is 3.98. The molecule has 1 aromatic heterocycles. The molecule has 1 aliphatic rings. The van der Waals surface area contributed by atoms with E-state index < -0.39 is 0 Å². The molecule has 0 radical (unpaired) electrons. The molecule has 2 heterocycles. The summed E-state index contributed by atoms with van der Waals surface area (Å²) < 4.78 is 0. The van der Waals surface area contributed by atoms with E-state index in [2.05, 4.69) is 14.9 Å². The SMILES string of the molecule is NCCCc1cnc(N2CCCC2)nc1. The lowest BCUT2D eigenvalue weighted by molar-refractivity contribution is 0.816. The van der Waals surface area contributed by atoms with Crippen molar-refractivity contribution in [2.24, 2.45) is 5.73 Å². The smallest absolute Gasteiger partial charge is 0.225 e. The number of nitrogens with zero attached hydrogens (tertiary/aromatic N) is 3. The zero-order chi connectivity index (χ0) is 10.5. The van der Waals surface area contributed by atoms with Crippen LogP contribution in [0.5, 0.6) is 0 Å². The van der Waals surface area contributed by atoms with Gasteiger partial charge in [-0.25, -0.2) is 9.97 Å². The second-order valence-corrected chi connectivity index (χ2v) is 3.98. The van der Waals surface area contributed by atoms with Crippen LogP contribution in [0.3, 0.4) is 0 Å². The standard InChI is InChI=1S/C11H18N4/c12-5-3-4-10-8-13-11(14-9-10)15-6-1-2-7-15/h8-9H,1-7,12H2. The third-order valence-electron chi connectivity index (χ3n) is 2.75. The Balaban J connectivity index is 1.96. The Labute approximate surface area is 90.5 Å². The normalized spacial score (nSPS) is 15.9. The van der Waals surface area contributed by atoms with Crippen molar-refractivity contribution in [1.82, 2.24) is 9.97 Å². The predicted molar refractivity (Wildman–Crippen MR) is 60.9 cm³/mol. The van der Waals surface area contributed by atoms with Crippen molar-refractivity contribution in [2.75, 3.05) is 24.5 Å². The molecule has 0 spiro atoms. The number of aromatic nitrogens is 2. The van der Waals surface area contributed by atoms with Gasteiger partial charge in [-0.2, -0.15) is 0 Å². The zero-order valence-corrected chi connectivity index (χ0v) is 9.02. The molecule has 82 valence electrons. The lowest BCUT2D eigenvalue weighted by Crippen LogP contribution is -2.20. The first-order valence-electron chi connectivity index (χ1n) is 5.66. The summed E-state index contributed by atoms with van der Waals surface area (Å²) in [6.07, 6.45) is 8.37. The monoisotopic (exact) mass is 206 g/mol. The zero-order valence-electron chi connectivity index (χ0n) is 9.02. The van der Waals surface area contributed by atoms with Gasteiger partial charge < -0.3 is 10.6 Å². The van der Waals surface area contributed by atoms with Crippen LogP contribution in [0, 0.1) is 0 Å². The van der Waals surface area contributed by atoms with Crippen molar-refractivity contribution in [3.8, 4) is 0 Å². The Morgan fingerprint density at radius 1 is 1.20 bits per heavy atom. The van der Waals surface area contributed by atoms with Gasteiger partial charge in [-0.3, -0.25) is 0 Å². The quantitative estimate of drug-likeness (QED) is 0.797. The van der Waals surface area contributed by atoms with Crippen molar-refractivity contribution in [2.45, 2.75) is 25.7 Å². The second kappa shape index (κ2) is 5.07. The number of anilines is 1. The maximum absolute atomic E-state index is 5.46. The highest BCUT2D eigenvalue weighted by Crippen LogP contribution is 2.14. The van der Waals surface area contributed by atoms with Crippen molar-refractivity contribution in [3.05, 3.63) is 18.0 Å². The molecule has 0 amide bonds. The molecule has 0 saturated carbocycles. The van der Waals surface area contributed by atoms with Crippen LogP contribution in [0.25, 0.3) is 0 Å². The van der Waals surface area contributed by atoms with Gasteiger partial charge in [0.1, 0.15) is 0 Å². The van der Waals surface area contributed by atoms with Gasteiger partial charge >= 0.3 is 0 Å². The Bertz CT molecular complexity index is 290. The molecule has 4 heteroatoms. The minimum Gasteiger partial charge on any atom is -0.341 e. The van der Waals surface area contributed by atoms with Crippen LogP contribution in [0.1, 0.15) is 24.8 Å². The number of rotatable bonds is 4. The van der Waals surface area contributed by atoms with Crippen molar-refractivity contribution < 1.29 is 0 Å². The molecule has 0 unspecified atom stereocenters. The van der Waals surface area contributed by atoms with E-state index in [0.717, 1.165) is 38.4 Å². The molecular weight excluding hydrogens is 188 g/mol. The summed E-state index contributed by atoms with van der Waals surface area (Å²) in [4.78, 5) is 11.0. The third kappa shape index (κ3) is 2.65. The van der Waals surface area contributed by atoms with E-state index in [4.69, 9.17) is 5.73 Å². The summed E-state index contributed by atoms with van der Waals surface area (Å²) in [5.41, 5.74) is 6.64. The van der Waals surface area contributed by atoms with E-state index in [1.54, 1.807) is 0 Å². The fourth-order valence-corrected chi connectivity index (χ4v) is 1.86. The van der Waals surface area contributed by atoms with Crippen LogP contribution in [-0.2, 0) is 6.42 Å². The Morgan fingerprint density at radius 2 is 1.87 bits per heavy atom. The van der Waals surface area contributed by atoms with Gasteiger partial charge in [-0.05, 0) is 37.8 Å². The van der Waals surface area contributed by atoms with E-state index in [1.165, 1.54) is 18.4 Å². The molecule has 2 rings (SSSR count). The topological polar surface area (TPSA) is 55.0 Å². The molecule has 0 aromatic carbocycles. The van der Waals surface area contributed by atoms with Gasteiger partial charge in [-0.15, -0.1) is 0 Å². The third-order valence-corrected chi connectivity index (χ3v) is 2.75. The van der Waals surface area contributed by atoms with Crippen LogP contribution in [0.4, 0.5) is 5.95 Å². The number of aryl methyl sites for hydroxylation is 1. The van der Waals surface area contributed by atoms with Gasteiger partial charge in [0, 0.05) is 25.5 Å². The predicted octanol–water partition coefficient (Wildman–Crippen LogP) is 0.968. The molecule has 0 aliphatic carbocycles. The van der Waals surface area contributed by atoms with Crippen LogP contribution < -0.4 is 10.6 Å². The summed E-state index contributed by atoms with van der Waals surface area (Å²) in [6.45, 7) is 2.93. The van der Waals surface area contributed by atoms with Gasteiger partial charge in [0.2, 0.25) is 5.95 Å². The number of hydrogen-bond donors (Lipinski definition) is 1. The minimum atomic E-state index is 0.730. The maximum Gasteiger partial charge on any atom is 0.225 e. The highest BCUT2D eigenvalue weighted by Gasteiger charge is 2.13. The van der Waals surface area contributed by atoms with E-state index >= 15 is 0 Å². The Kier molecular flexibility index (Phi) is 3.50. The van der Waals surface area contributed by atoms with Crippen LogP contribution in [0.15, 0.2) is 12.4 Å². The average molecular weight is 206 g/mol. The van der Waals surface area contributed by atoms with Gasteiger partial charge in [0.25, 0.3) is 0 Å².